The SMILES string of the molecule is CNCCNC(=O)c1csc(Cc2ccccc2F)n1.Cl.Cl. The molecule has 2 aromatic rings. The van der Waals surface area contributed by atoms with Crippen LogP contribution in [0.3, 0.4) is 0 Å². The maximum Gasteiger partial charge on any atom is 0.270 e. The van der Waals surface area contributed by atoms with Crippen LogP contribution in [-0.2, 0) is 6.42 Å². The highest BCUT2D eigenvalue weighted by atomic mass is 35.5. The molecule has 2 N–H and O–H groups in total. The van der Waals surface area contributed by atoms with E-state index in [0.717, 1.165) is 5.01 Å². The van der Waals surface area contributed by atoms with E-state index in [2.05, 4.69) is 15.6 Å². The molecule has 1 aromatic heterocycles. The summed E-state index contributed by atoms with van der Waals surface area (Å²) in [5, 5.41) is 8.13. The predicted octanol–water partition coefficient (Wildman–Crippen LogP) is 2.67. The quantitative estimate of drug-likeness (QED) is 0.773. The second-order valence-corrected chi connectivity index (χ2v) is 5.20. The van der Waals surface area contributed by atoms with Crippen molar-refractivity contribution >= 4 is 42.1 Å². The van der Waals surface area contributed by atoms with E-state index >= 15 is 0 Å². The fourth-order valence-electron chi connectivity index (χ4n) is 1.69. The number of halogens is 3. The second kappa shape index (κ2) is 10.5. The van der Waals surface area contributed by atoms with Crippen LogP contribution in [0.25, 0.3) is 0 Å². The Hall–Kier alpha value is -1.21. The molecular weight excluding hydrogens is 348 g/mol. The molecule has 2 rings (SSSR count). The summed E-state index contributed by atoms with van der Waals surface area (Å²) in [5.74, 6) is -0.445. The van der Waals surface area contributed by atoms with Crippen molar-refractivity contribution in [3.8, 4) is 0 Å². The molecule has 0 atom stereocenters. The topological polar surface area (TPSA) is 54.0 Å². The molecule has 0 bridgehead atoms. The molecule has 0 fully saturated rings. The molecule has 22 heavy (non-hydrogen) atoms. The lowest BCUT2D eigenvalue weighted by Gasteiger charge is -2.01. The Morgan fingerprint density at radius 2 is 2.00 bits per heavy atom. The van der Waals surface area contributed by atoms with Gasteiger partial charge in [0.2, 0.25) is 0 Å². The molecule has 8 heteroatoms. The third-order valence-electron chi connectivity index (χ3n) is 2.74. The number of rotatable bonds is 6. The maximum atomic E-state index is 13.5. The summed E-state index contributed by atoms with van der Waals surface area (Å²) in [5.41, 5.74) is 0.974. The summed E-state index contributed by atoms with van der Waals surface area (Å²) >= 11 is 1.37. The van der Waals surface area contributed by atoms with Crippen LogP contribution in [0.4, 0.5) is 4.39 Å². The highest BCUT2D eigenvalue weighted by Crippen LogP contribution is 2.16. The van der Waals surface area contributed by atoms with Gasteiger partial charge >= 0.3 is 0 Å². The second-order valence-electron chi connectivity index (χ2n) is 4.25. The van der Waals surface area contributed by atoms with E-state index in [1.54, 1.807) is 23.6 Å². The molecule has 1 amide bonds. The van der Waals surface area contributed by atoms with Crippen LogP contribution in [0.15, 0.2) is 29.6 Å². The molecule has 0 unspecified atom stereocenters. The van der Waals surface area contributed by atoms with Crippen molar-refractivity contribution in [3.63, 3.8) is 0 Å². The van der Waals surface area contributed by atoms with Crippen LogP contribution >= 0.6 is 36.2 Å². The van der Waals surface area contributed by atoms with Gasteiger partial charge in [0.25, 0.3) is 5.91 Å². The average Bonchev–Trinajstić information content (AvgIpc) is 2.90. The van der Waals surface area contributed by atoms with Gasteiger partial charge in [0.1, 0.15) is 11.5 Å². The fourth-order valence-corrected chi connectivity index (χ4v) is 2.49. The Balaban J connectivity index is 0.00000220. The normalized spacial score (nSPS) is 9.55. The van der Waals surface area contributed by atoms with E-state index < -0.39 is 0 Å². The smallest absolute Gasteiger partial charge is 0.270 e. The number of benzene rings is 1. The van der Waals surface area contributed by atoms with Crippen molar-refractivity contribution in [2.24, 2.45) is 0 Å². The number of amides is 1. The number of hydrogen-bond donors (Lipinski definition) is 2. The first-order chi connectivity index (χ1) is 9.70. The summed E-state index contributed by atoms with van der Waals surface area (Å²) in [7, 11) is 1.82. The summed E-state index contributed by atoms with van der Waals surface area (Å²) in [4.78, 5) is 16.0. The Bertz CT molecular complexity index is 595. The molecule has 0 aliphatic heterocycles. The van der Waals surface area contributed by atoms with Crippen LogP contribution in [0.2, 0.25) is 0 Å². The van der Waals surface area contributed by atoms with E-state index in [4.69, 9.17) is 0 Å². The lowest BCUT2D eigenvalue weighted by atomic mass is 10.1. The third kappa shape index (κ3) is 5.88. The van der Waals surface area contributed by atoms with Crippen molar-refractivity contribution in [1.29, 1.82) is 0 Å². The van der Waals surface area contributed by atoms with E-state index in [-0.39, 0.29) is 36.5 Å². The van der Waals surface area contributed by atoms with E-state index in [1.165, 1.54) is 17.4 Å². The fraction of sp³-hybridized carbons (Fsp3) is 0.286. The van der Waals surface area contributed by atoms with Crippen molar-refractivity contribution in [1.82, 2.24) is 15.6 Å². The van der Waals surface area contributed by atoms with E-state index in [0.29, 0.717) is 30.8 Å². The average molecular weight is 366 g/mol. The van der Waals surface area contributed by atoms with Gasteiger partial charge in [-0.2, -0.15) is 0 Å². The number of carbonyl (C=O) groups is 1. The minimum atomic E-state index is -0.247. The zero-order chi connectivity index (χ0) is 14.4. The van der Waals surface area contributed by atoms with Gasteiger partial charge in [-0.1, -0.05) is 18.2 Å². The number of hydrogen-bond acceptors (Lipinski definition) is 4. The Morgan fingerprint density at radius 1 is 1.27 bits per heavy atom. The summed E-state index contributed by atoms with van der Waals surface area (Å²) < 4.78 is 13.5. The van der Waals surface area contributed by atoms with Gasteiger partial charge in [0, 0.05) is 24.9 Å². The summed E-state index contributed by atoms with van der Waals surface area (Å²) in [6.07, 6.45) is 0.404. The van der Waals surface area contributed by atoms with Crippen LogP contribution in [0.1, 0.15) is 21.1 Å². The first-order valence-electron chi connectivity index (χ1n) is 6.31. The van der Waals surface area contributed by atoms with Crippen LogP contribution < -0.4 is 10.6 Å². The van der Waals surface area contributed by atoms with Gasteiger partial charge < -0.3 is 10.6 Å². The number of nitrogens with one attached hydrogen (secondary N) is 2. The van der Waals surface area contributed by atoms with E-state index in [1.807, 2.05) is 7.05 Å². The summed E-state index contributed by atoms with van der Waals surface area (Å²) in [6.45, 7) is 1.26. The highest BCUT2D eigenvalue weighted by Gasteiger charge is 2.11. The van der Waals surface area contributed by atoms with Crippen molar-refractivity contribution in [2.75, 3.05) is 20.1 Å². The third-order valence-corrected chi connectivity index (χ3v) is 3.59. The van der Waals surface area contributed by atoms with Gasteiger partial charge in [-0.3, -0.25) is 4.79 Å². The molecule has 4 nitrogen and oxygen atoms in total. The highest BCUT2D eigenvalue weighted by molar-refractivity contribution is 7.09. The lowest BCUT2D eigenvalue weighted by molar-refractivity contribution is 0.0949. The van der Waals surface area contributed by atoms with Gasteiger partial charge in [-0.25, -0.2) is 9.37 Å². The first-order valence-corrected chi connectivity index (χ1v) is 7.19. The minimum absolute atomic E-state index is 0. The number of nitrogens with zero attached hydrogens (tertiary/aromatic N) is 1. The van der Waals surface area contributed by atoms with Gasteiger partial charge in [-0.15, -0.1) is 36.2 Å². The number of aromatic nitrogens is 1. The molecule has 1 aromatic carbocycles. The molecule has 0 radical (unpaired) electrons. The Morgan fingerprint density at radius 3 is 2.68 bits per heavy atom. The molecule has 0 aliphatic rings. The molecule has 0 saturated heterocycles. The first kappa shape index (κ1) is 20.8. The predicted molar refractivity (Wildman–Crippen MR) is 92.1 cm³/mol. The van der Waals surface area contributed by atoms with Crippen molar-refractivity contribution in [2.45, 2.75) is 6.42 Å². The molecular formula is C14H18Cl2FN3OS. The Kier molecular flexibility index (Phi) is 9.93. The monoisotopic (exact) mass is 365 g/mol. The van der Waals surface area contributed by atoms with Gasteiger partial charge in [-0.05, 0) is 18.7 Å². The zero-order valence-corrected chi connectivity index (χ0v) is 14.4. The lowest BCUT2D eigenvalue weighted by Crippen LogP contribution is -2.30. The number of likely N-dealkylation sites (N-methyl/N-ethyl adjacent to an activating group) is 1. The summed E-state index contributed by atoms with van der Waals surface area (Å²) in [6, 6.07) is 6.59. The minimum Gasteiger partial charge on any atom is -0.349 e. The number of carbonyl (C=O) groups excluding carboxylic acids is 1. The van der Waals surface area contributed by atoms with Gasteiger partial charge in [0.15, 0.2) is 0 Å². The maximum absolute atomic E-state index is 13.5. The zero-order valence-electron chi connectivity index (χ0n) is 12.0. The Labute approximate surface area is 145 Å². The largest absolute Gasteiger partial charge is 0.349 e. The van der Waals surface area contributed by atoms with Gasteiger partial charge in [0.05, 0.1) is 5.01 Å². The van der Waals surface area contributed by atoms with Crippen LogP contribution in [0, 0.1) is 5.82 Å². The molecule has 0 spiro atoms. The molecule has 122 valence electrons. The van der Waals surface area contributed by atoms with E-state index in [9.17, 15) is 9.18 Å². The van der Waals surface area contributed by atoms with Crippen LogP contribution in [0.5, 0.6) is 0 Å². The van der Waals surface area contributed by atoms with Crippen molar-refractivity contribution in [3.05, 3.63) is 51.7 Å². The molecule has 0 aliphatic carbocycles. The van der Waals surface area contributed by atoms with Crippen LogP contribution in [-0.4, -0.2) is 31.0 Å². The standard InChI is InChI=1S/C14H16FN3OS.2ClH/c1-16-6-7-17-14(19)12-9-20-13(18-12)8-10-4-2-3-5-11(10)15;;/h2-5,9,16H,6-8H2,1H3,(H,17,19);2*1H. The number of thiazole rings is 1. The molecule has 1 heterocycles. The molecule has 0 saturated carbocycles. The van der Waals surface area contributed by atoms with Crippen molar-refractivity contribution < 1.29 is 9.18 Å².